The third kappa shape index (κ3) is 5.03. The van der Waals surface area contributed by atoms with E-state index >= 15 is 0 Å². The molecule has 1 aliphatic rings. The van der Waals surface area contributed by atoms with E-state index in [2.05, 4.69) is 10.3 Å². The van der Waals surface area contributed by atoms with Gasteiger partial charge in [0.2, 0.25) is 0 Å². The molecule has 0 amide bonds. The van der Waals surface area contributed by atoms with Crippen molar-refractivity contribution in [1.29, 1.82) is 0 Å². The van der Waals surface area contributed by atoms with E-state index in [1.54, 1.807) is 13.2 Å². The molecule has 0 spiro atoms. The summed E-state index contributed by atoms with van der Waals surface area (Å²) in [7, 11) is 1.58. The third-order valence-electron chi connectivity index (χ3n) is 5.45. The van der Waals surface area contributed by atoms with Crippen molar-refractivity contribution in [3.8, 4) is 11.5 Å². The number of anilines is 2. The number of hydrogen-bond acceptors (Lipinski definition) is 6. The van der Waals surface area contributed by atoms with Crippen LogP contribution in [0.3, 0.4) is 0 Å². The number of aryl methyl sites for hydroxylation is 1. The zero-order valence-electron chi connectivity index (χ0n) is 18.6. The topological polar surface area (TPSA) is 78.1 Å². The first-order valence-corrected chi connectivity index (χ1v) is 10.5. The summed E-state index contributed by atoms with van der Waals surface area (Å²) < 4.78 is 54.7. The van der Waals surface area contributed by atoms with Gasteiger partial charge in [0.15, 0.2) is 12.1 Å². The zero-order chi connectivity index (χ0) is 24.3. The van der Waals surface area contributed by atoms with Crippen LogP contribution in [0.1, 0.15) is 16.7 Å². The van der Waals surface area contributed by atoms with Crippen LogP contribution in [0.4, 0.5) is 24.5 Å². The highest BCUT2D eigenvalue weighted by atomic mass is 19.4. The number of amidine groups is 1. The van der Waals surface area contributed by atoms with Gasteiger partial charge < -0.3 is 25.3 Å². The van der Waals surface area contributed by atoms with Crippen LogP contribution in [-0.2, 0) is 10.3 Å². The molecule has 34 heavy (non-hydrogen) atoms. The number of halogens is 3. The van der Waals surface area contributed by atoms with Crippen LogP contribution in [0, 0.1) is 6.92 Å². The molecule has 0 aromatic heterocycles. The molecule has 0 bridgehead atoms. The Kier molecular flexibility index (Phi) is 6.28. The Morgan fingerprint density at radius 3 is 2.41 bits per heavy atom. The number of nitrogens with one attached hydrogen (secondary N) is 1. The van der Waals surface area contributed by atoms with Crippen LogP contribution in [0.25, 0.3) is 0 Å². The van der Waals surface area contributed by atoms with Gasteiger partial charge >= 0.3 is 6.18 Å². The molecule has 6 nitrogen and oxygen atoms in total. The lowest BCUT2D eigenvalue weighted by atomic mass is 9.83. The lowest BCUT2D eigenvalue weighted by Crippen LogP contribution is -2.28. The number of benzene rings is 3. The van der Waals surface area contributed by atoms with Crippen molar-refractivity contribution < 1.29 is 27.4 Å². The van der Waals surface area contributed by atoms with Gasteiger partial charge in [-0.1, -0.05) is 24.3 Å². The lowest BCUT2D eigenvalue weighted by molar-refractivity contribution is -0.153. The summed E-state index contributed by atoms with van der Waals surface area (Å²) in [4.78, 5) is 4.58. The maximum atomic E-state index is 12.9. The monoisotopic (exact) mass is 471 g/mol. The van der Waals surface area contributed by atoms with Gasteiger partial charge in [0.25, 0.3) is 6.02 Å². The summed E-state index contributed by atoms with van der Waals surface area (Å²) in [6.07, 6.45) is -4.48. The van der Waals surface area contributed by atoms with E-state index in [1.165, 1.54) is 12.1 Å². The maximum Gasteiger partial charge on any atom is 0.422 e. The van der Waals surface area contributed by atoms with Gasteiger partial charge in [-0.2, -0.15) is 13.2 Å². The number of para-hydroxylation sites is 1. The predicted octanol–water partition coefficient (Wildman–Crippen LogP) is 5.28. The fourth-order valence-electron chi connectivity index (χ4n) is 3.88. The standard InChI is InChI=1S/C25H24F3N3O3/c1-16-10-17(8-9-22(16)32-2)24(14-34-23(29)31-24)18-11-20(30-19-6-4-3-5-7-19)13-21(12-18)33-15-25(26,27)28/h3-13,30H,14-15H2,1-2H3,(H2,29,31)/t24-/m0/s1. The number of nitrogens with two attached hydrogens (primary N) is 1. The van der Waals surface area contributed by atoms with E-state index in [1.807, 2.05) is 55.5 Å². The highest BCUT2D eigenvalue weighted by Gasteiger charge is 2.41. The second-order valence-corrected chi connectivity index (χ2v) is 7.92. The molecule has 0 saturated carbocycles. The number of nitrogens with zero attached hydrogens (tertiary/aromatic N) is 1. The van der Waals surface area contributed by atoms with Crippen molar-refractivity contribution in [2.24, 2.45) is 10.7 Å². The molecule has 1 atom stereocenters. The van der Waals surface area contributed by atoms with Crippen molar-refractivity contribution in [3.63, 3.8) is 0 Å². The number of methoxy groups -OCH3 is 1. The molecule has 4 rings (SSSR count). The van der Waals surface area contributed by atoms with Gasteiger partial charge in [0, 0.05) is 17.4 Å². The van der Waals surface area contributed by atoms with E-state index in [0.29, 0.717) is 17.0 Å². The van der Waals surface area contributed by atoms with Crippen molar-refractivity contribution in [2.75, 3.05) is 25.6 Å². The summed E-state index contributed by atoms with van der Waals surface area (Å²) in [5.41, 5.74) is 8.31. The second-order valence-electron chi connectivity index (χ2n) is 7.92. The number of alkyl halides is 3. The molecule has 1 aliphatic heterocycles. The SMILES string of the molecule is COc1ccc([C@]2(c3cc(Nc4ccccc4)cc(OCC(F)(F)F)c3)COC(N)=N2)cc1C. The molecule has 3 N–H and O–H groups in total. The largest absolute Gasteiger partial charge is 0.496 e. The minimum Gasteiger partial charge on any atom is -0.496 e. The van der Waals surface area contributed by atoms with Crippen LogP contribution in [0.2, 0.25) is 0 Å². The van der Waals surface area contributed by atoms with Crippen LogP contribution < -0.4 is 20.5 Å². The third-order valence-corrected chi connectivity index (χ3v) is 5.45. The predicted molar refractivity (Wildman–Crippen MR) is 124 cm³/mol. The van der Waals surface area contributed by atoms with Gasteiger partial charge in [0.1, 0.15) is 18.1 Å². The molecule has 3 aromatic rings. The summed E-state index contributed by atoms with van der Waals surface area (Å²) in [5, 5.41) is 3.21. The summed E-state index contributed by atoms with van der Waals surface area (Å²) in [5.74, 6) is 0.738. The van der Waals surface area contributed by atoms with Crippen LogP contribution in [0.5, 0.6) is 11.5 Å². The van der Waals surface area contributed by atoms with Crippen LogP contribution in [0.15, 0.2) is 71.7 Å². The Labute approximate surface area is 195 Å². The second kappa shape index (κ2) is 9.17. The summed E-state index contributed by atoms with van der Waals surface area (Å²) >= 11 is 0. The summed E-state index contributed by atoms with van der Waals surface area (Å²) in [6.45, 7) is 0.556. The first-order chi connectivity index (χ1) is 16.2. The first kappa shape index (κ1) is 23.3. The Hall–Kier alpha value is -3.88. The van der Waals surface area contributed by atoms with Gasteiger partial charge in [-0.15, -0.1) is 0 Å². The first-order valence-electron chi connectivity index (χ1n) is 10.5. The highest BCUT2D eigenvalue weighted by molar-refractivity contribution is 5.76. The Balaban J connectivity index is 1.83. The van der Waals surface area contributed by atoms with Crippen molar-refractivity contribution in [1.82, 2.24) is 0 Å². The molecule has 0 saturated heterocycles. The quantitative estimate of drug-likeness (QED) is 0.491. The molecule has 0 radical (unpaired) electrons. The molecule has 3 aromatic carbocycles. The van der Waals surface area contributed by atoms with Gasteiger partial charge in [-0.3, -0.25) is 0 Å². The van der Waals surface area contributed by atoms with E-state index < -0.39 is 18.3 Å². The van der Waals surface area contributed by atoms with E-state index in [-0.39, 0.29) is 18.4 Å². The minimum atomic E-state index is -4.48. The smallest absolute Gasteiger partial charge is 0.422 e. The van der Waals surface area contributed by atoms with Crippen LogP contribution in [-0.4, -0.2) is 32.5 Å². The number of hydrogen-bond donors (Lipinski definition) is 2. The average molecular weight is 471 g/mol. The minimum absolute atomic E-state index is 0.00680. The van der Waals surface area contributed by atoms with Crippen molar-refractivity contribution >= 4 is 17.4 Å². The van der Waals surface area contributed by atoms with E-state index in [0.717, 1.165) is 16.8 Å². The molecule has 178 valence electrons. The van der Waals surface area contributed by atoms with Crippen LogP contribution >= 0.6 is 0 Å². The Morgan fingerprint density at radius 2 is 1.79 bits per heavy atom. The average Bonchev–Trinajstić information content (AvgIpc) is 3.21. The molecular weight excluding hydrogens is 447 g/mol. The fourth-order valence-corrected chi connectivity index (χ4v) is 3.88. The van der Waals surface area contributed by atoms with E-state index in [4.69, 9.17) is 19.9 Å². The maximum absolute atomic E-state index is 12.9. The van der Waals surface area contributed by atoms with Gasteiger partial charge in [-0.05, 0) is 60.0 Å². The molecule has 0 fully saturated rings. The fraction of sp³-hybridized carbons (Fsp3) is 0.240. The van der Waals surface area contributed by atoms with Gasteiger partial charge in [-0.25, -0.2) is 4.99 Å². The molecular formula is C25H24F3N3O3. The number of aliphatic imine (C=N–C) groups is 1. The van der Waals surface area contributed by atoms with Crippen molar-refractivity contribution in [3.05, 3.63) is 83.4 Å². The van der Waals surface area contributed by atoms with Crippen molar-refractivity contribution in [2.45, 2.75) is 18.6 Å². The highest BCUT2D eigenvalue weighted by Crippen LogP contribution is 2.42. The molecule has 1 heterocycles. The number of ether oxygens (including phenoxy) is 3. The summed E-state index contributed by atoms with van der Waals surface area (Å²) in [6, 6.07) is 19.7. The zero-order valence-corrected chi connectivity index (χ0v) is 18.6. The molecule has 0 unspecified atom stereocenters. The molecule has 9 heteroatoms. The Morgan fingerprint density at radius 1 is 1.03 bits per heavy atom. The molecule has 0 aliphatic carbocycles. The lowest BCUT2D eigenvalue weighted by Gasteiger charge is -2.27. The normalized spacial score (nSPS) is 17.6. The van der Waals surface area contributed by atoms with E-state index in [9.17, 15) is 13.2 Å². The van der Waals surface area contributed by atoms with Gasteiger partial charge in [0.05, 0.1) is 7.11 Å². The Bertz CT molecular complexity index is 1200. The number of rotatable bonds is 7.